The number of methoxy groups -OCH3 is 1. The molecule has 0 spiro atoms. The van der Waals surface area contributed by atoms with Crippen molar-refractivity contribution in [3.8, 4) is 0 Å². The van der Waals surface area contributed by atoms with Gasteiger partial charge in [0.15, 0.2) is 5.96 Å². The average Bonchev–Trinajstić information content (AvgIpc) is 3.09. The molecule has 2 saturated carbocycles. The van der Waals surface area contributed by atoms with Crippen molar-refractivity contribution in [2.24, 2.45) is 16.6 Å². The van der Waals surface area contributed by atoms with E-state index in [2.05, 4.69) is 11.8 Å². The van der Waals surface area contributed by atoms with Gasteiger partial charge in [-0.3, -0.25) is 0 Å². The molecule has 4 nitrogen and oxygen atoms in total. The predicted molar refractivity (Wildman–Crippen MR) is 74.6 cm³/mol. The summed E-state index contributed by atoms with van der Waals surface area (Å²) in [7, 11) is 1.74. The summed E-state index contributed by atoms with van der Waals surface area (Å²) in [5.41, 5.74) is 6.23. The van der Waals surface area contributed by atoms with Gasteiger partial charge in [0.25, 0.3) is 0 Å². The van der Waals surface area contributed by atoms with Gasteiger partial charge < -0.3 is 15.4 Å². The Balaban J connectivity index is 1.96. The molecule has 0 saturated heterocycles. The van der Waals surface area contributed by atoms with Crippen molar-refractivity contribution in [1.82, 2.24) is 4.90 Å². The fourth-order valence-corrected chi connectivity index (χ4v) is 2.84. The van der Waals surface area contributed by atoms with Crippen LogP contribution in [0.5, 0.6) is 0 Å². The molecule has 0 amide bonds. The quantitative estimate of drug-likeness (QED) is 0.582. The molecule has 104 valence electrons. The molecule has 2 N–H and O–H groups in total. The van der Waals surface area contributed by atoms with Gasteiger partial charge in [0.05, 0.1) is 12.6 Å². The molecule has 0 heterocycles. The molecule has 2 rings (SSSR count). The third-order valence-electron chi connectivity index (χ3n) is 4.27. The Morgan fingerprint density at radius 3 is 2.56 bits per heavy atom. The van der Waals surface area contributed by atoms with Crippen molar-refractivity contribution in [1.29, 1.82) is 0 Å². The number of nitrogens with two attached hydrogens (primary N) is 1. The van der Waals surface area contributed by atoms with E-state index >= 15 is 0 Å². The van der Waals surface area contributed by atoms with E-state index in [4.69, 9.17) is 15.5 Å². The lowest BCUT2D eigenvalue weighted by atomic mass is 10.2. The number of rotatable bonds is 6. The molecular weight excluding hydrogens is 226 g/mol. The maximum Gasteiger partial charge on any atom is 0.191 e. The van der Waals surface area contributed by atoms with E-state index < -0.39 is 0 Å². The van der Waals surface area contributed by atoms with Gasteiger partial charge >= 0.3 is 0 Å². The molecule has 0 aromatic heterocycles. The maximum absolute atomic E-state index is 6.23. The number of nitrogens with zero attached hydrogens (tertiary/aromatic N) is 2. The highest BCUT2D eigenvalue weighted by molar-refractivity contribution is 5.78. The molecule has 2 fully saturated rings. The van der Waals surface area contributed by atoms with Gasteiger partial charge in [-0.05, 0) is 38.5 Å². The van der Waals surface area contributed by atoms with Crippen LogP contribution in [0.1, 0.15) is 45.4 Å². The van der Waals surface area contributed by atoms with Crippen LogP contribution >= 0.6 is 0 Å². The molecule has 0 aliphatic heterocycles. The molecule has 4 heteroatoms. The van der Waals surface area contributed by atoms with E-state index in [-0.39, 0.29) is 0 Å². The molecular formula is C14H27N3O. The second kappa shape index (κ2) is 6.41. The smallest absolute Gasteiger partial charge is 0.191 e. The third kappa shape index (κ3) is 3.61. The standard InChI is InChI=1S/C14H27N3O/c1-11(12-7-8-12)17(9-10-18-2)14(15)16-13-5-3-4-6-13/h11-13H,3-10H2,1-2H3,(H2,15,16). The van der Waals surface area contributed by atoms with Crippen LogP contribution in [-0.2, 0) is 4.74 Å². The highest BCUT2D eigenvalue weighted by Crippen LogP contribution is 2.35. The van der Waals surface area contributed by atoms with E-state index in [1.807, 2.05) is 0 Å². The highest BCUT2D eigenvalue weighted by atomic mass is 16.5. The second-order valence-corrected chi connectivity index (χ2v) is 5.69. The van der Waals surface area contributed by atoms with Gasteiger partial charge in [-0.2, -0.15) is 0 Å². The topological polar surface area (TPSA) is 50.9 Å². The first kappa shape index (κ1) is 13.7. The molecule has 0 radical (unpaired) electrons. The lowest BCUT2D eigenvalue weighted by molar-refractivity contribution is 0.158. The Kier molecular flexibility index (Phi) is 4.87. The summed E-state index contributed by atoms with van der Waals surface area (Å²) in [4.78, 5) is 6.97. The number of hydrogen-bond acceptors (Lipinski definition) is 2. The van der Waals surface area contributed by atoms with Crippen LogP contribution in [0.15, 0.2) is 4.99 Å². The van der Waals surface area contributed by atoms with Crippen LogP contribution in [0.3, 0.4) is 0 Å². The first-order chi connectivity index (χ1) is 8.72. The van der Waals surface area contributed by atoms with Crippen LogP contribution < -0.4 is 5.73 Å². The Morgan fingerprint density at radius 1 is 1.33 bits per heavy atom. The van der Waals surface area contributed by atoms with Gasteiger partial charge in [0.1, 0.15) is 0 Å². The third-order valence-corrected chi connectivity index (χ3v) is 4.27. The summed E-state index contributed by atoms with van der Waals surface area (Å²) in [6, 6.07) is 0.965. The van der Waals surface area contributed by atoms with Crippen LogP contribution in [-0.4, -0.2) is 43.2 Å². The number of hydrogen-bond donors (Lipinski definition) is 1. The van der Waals surface area contributed by atoms with Crippen molar-refractivity contribution in [3.63, 3.8) is 0 Å². The van der Waals surface area contributed by atoms with Crippen molar-refractivity contribution in [2.45, 2.75) is 57.5 Å². The largest absolute Gasteiger partial charge is 0.383 e. The minimum Gasteiger partial charge on any atom is -0.383 e. The SMILES string of the molecule is COCCN(C(N)=NC1CCCC1)C(C)C1CC1. The van der Waals surface area contributed by atoms with Gasteiger partial charge in [-0.25, -0.2) is 4.99 Å². The lowest BCUT2D eigenvalue weighted by Crippen LogP contribution is -2.46. The zero-order valence-electron chi connectivity index (χ0n) is 11.8. The Hall–Kier alpha value is -0.770. The summed E-state index contributed by atoms with van der Waals surface area (Å²) in [6.45, 7) is 3.85. The fourth-order valence-electron chi connectivity index (χ4n) is 2.84. The molecule has 0 aromatic carbocycles. The zero-order valence-corrected chi connectivity index (χ0v) is 11.8. The molecule has 18 heavy (non-hydrogen) atoms. The Labute approximate surface area is 111 Å². The first-order valence-electron chi connectivity index (χ1n) is 7.31. The number of ether oxygens (including phenoxy) is 1. The highest BCUT2D eigenvalue weighted by Gasteiger charge is 2.33. The molecule has 2 aliphatic rings. The minimum absolute atomic E-state index is 0.460. The normalized spacial score (nSPS) is 23.3. The summed E-state index contributed by atoms with van der Waals surface area (Å²) in [5.74, 6) is 1.54. The summed E-state index contributed by atoms with van der Waals surface area (Å²) in [5, 5.41) is 0. The average molecular weight is 253 g/mol. The first-order valence-corrected chi connectivity index (χ1v) is 7.31. The van der Waals surface area contributed by atoms with Crippen LogP contribution in [0.4, 0.5) is 0 Å². The van der Waals surface area contributed by atoms with Gasteiger partial charge in [-0.1, -0.05) is 12.8 Å². The van der Waals surface area contributed by atoms with Gasteiger partial charge in [0.2, 0.25) is 0 Å². The monoisotopic (exact) mass is 253 g/mol. The van der Waals surface area contributed by atoms with E-state index in [1.54, 1.807) is 7.11 Å². The van der Waals surface area contributed by atoms with Crippen molar-refractivity contribution in [3.05, 3.63) is 0 Å². The fraction of sp³-hybridized carbons (Fsp3) is 0.929. The van der Waals surface area contributed by atoms with Gasteiger partial charge in [-0.15, -0.1) is 0 Å². The molecule has 2 aliphatic carbocycles. The van der Waals surface area contributed by atoms with E-state index in [1.165, 1.54) is 38.5 Å². The van der Waals surface area contributed by atoms with E-state index in [0.717, 1.165) is 25.0 Å². The minimum atomic E-state index is 0.460. The lowest BCUT2D eigenvalue weighted by Gasteiger charge is -2.30. The Bertz CT molecular complexity index is 283. The summed E-state index contributed by atoms with van der Waals surface area (Å²) < 4.78 is 5.19. The predicted octanol–water partition coefficient (Wildman–Crippen LogP) is 1.99. The molecule has 0 aromatic rings. The van der Waals surface area contributed by atoms with Gasteiger partial charge in [0, 0.05) is 19.7 Å². The van der Waals surface area contributed by atoms with Crippen molar-refractivity contribution in [2.75, 3.05) is 20.3 Å². The Morgan fingerprint density at radius 2 is 2.00 bits per heavy atom. The molecule has 0 bridgehead atoms. The zero-order chi connectivity index (χ0) is 13.0. The van der Waals surface area contributed by atoms with Crippen molar-refractivity contribution < 1.29 is 4.74 Å². The second-order valence-electron chi connectivity index (χ2n) is 5.69. The maximum atomic E-state index is 6.23. The van der Waals surface area contributed by atoms with Crippen LogP contribution in [0, 0.1) is 5.92 Å². The summed E-state index contributed by atoms with van der Waals surface area (Å²) >= 11 is 0. The van der Waals surface area contributed by atoms with E-state index in [0.29, 0.717) is 12.1 Å². The van der Waals surface area contributed by atoms with Crippen LogP contribution in [0.2, 0.25) is 0 Å². The summed E-state index contributed by atoms with van der Waals surface area (Å²) in [6.07, 6.45) is 7.69. The number of guanidine groups is 1. The van der Waals surface area contributed by atoms with E-state index in [9.17, 15) is 0 Å². The molecule has 1 atom stereocenters. The molecule has 1 unspecified atom stereocenters. The number of aliphatic imine (C=N–C) groups is 1. The van der Waals surface area contributed by atoms with Crippen LogP contribution in [0.25, 0.3) is 0 Å². The van der Waals surface area contributed by atoms with Crippen molar-refractivity contribution >= 4 is 5.96 Å².